The van der Waals surface area contributed by atoms with Crippen LogP contribution in [0.3, 0.4) is 0 Å². The second-order valence-corrected chi connectivity index (χ2v) is 6.81. The van der Waals surface area contributed by atoms with Crippen molar-refractivity contribution in [3.8, 4) is 0 Å². The fraction of sp³-hybridized carbons (Fsp3) is 0.870. The quantitative estimate of drug-likeness (QED) is 0.0875. The summed E-state index contributed by atoms with van der Waals surface area (Å²) in [6.07, 6.45) is 0. The summed E-state index contributed by atoms with van der Waals surface area (Å²) in [5.41, 5.74) is 0.373. The van der Waals surface area contributed by atoms with Crippen molar-refractivity contribution in [1.29, 1.82) is 0 Å². The molecule has 0 aromatic rings. The number of carbonyl (C=O) groups is 1. The maximum atomic E-state index is 11.1. The van der Waals surface area contributed by atoms with E-state index in [2.05, 4.69) is 6.58 Å². The van der Waals surface area contributed by atoms with Crippen LogP contribution in [0.1, 0.15) is 6.92 Å². The zero-order valence-electron chi connectivity index (χ0n) is 20.9. The lowest BCUT2D eigenvalue weighted by molar-refractivity contribution is -0.140. The zero-order chi connectivity index (χ0) is 25.0. The fourth-order valence-electron chi connectivity index (χ4n) is 2.10. The second-order valence-electron chi connectivity index (χ2n) is 6.81. The van der Waals surface area contributed by atoms with Gasteiger partial charge in [-0.15, -0.1) is 0 Å². The Morgan fingerprint density at radius 2 is 0.706 bits per heavy atom. The molecule has 11 nitrogen and oxygen atoms in total. The highest BCUT2D eigenvalue weighted by Crippen LogP contribution is 1.91. The van der Waals surface area contributed by atoms with E-state index < -0.39 is 5.97 Å². The molecule has 0 saturated carbocycles. The highest BCUT2D eigenvalue weighted by molar-refractivity contribution is 5.86. The van der Waals surface area contributed by atoms with Gasteiger partial charge >= 0.3 is 5.97 Å². The average molecular weight is 497 g/mol. The minimum absolute atomic E-state index is 0.205. The molecular formula is C23H44O11. The predicted molar refractivity (Wildman–Crippen MR) is 124 cm³/mol. The molecule has 0 spiro atoms. The summed E-state index contributed by atoms with van der Waals surface area (Å²) in [5, 5.41) is 0. The largest absolute Gasteiger partial charge is 0.460 e. The third kappa shape index (κ3) is 27.1. The van der Waals surface area contributed by atoms with Gasteiger partial charge in [0.2, 0.25) is 0 Å². The highest BCUT2D eigenvalue weighted by Gasteiger charge is 2.01. The van der Waals surface area contributed by atoms with Crippen LogP contribution in [0.15, 0.2) is 12.2 Å². The number of hydrogen-bond donors (Lipinski definition) is 0. The second kappa shape index (κ2) is 28.1. The van der Waals surface area contributed by atoms with Crippen LogP contribution in [0.4, 0.5) is 0 Å². The minimum Gasteiger partial charge on any atom is -0.460 e. The van der Waals surface area contributed by atoms with Crippen molar-refractivity contribution in [2.75, 3.05) is 126 Å². The van der Waals surface area contributed by atoms with Gasteiger partial charge < -0.3 is 47.4 Å². The first-order valence-electron chi connectivity index (χ1n) is 11.6. The van der Waals surface area contributed by atoms with Crippen LogP contribution in [-0.4, -0.2) is 132 Å². The number of ether oxygens (including phenoxy) is 10. The van der Waals surface area contributed by atoms with Crippen LogP contribution in [0.25, 0.3) is 0 Å². The lowest BCUT2D eigenvalue weighted by Gasteiger charge is -2.09. The van der Waals surface area contributed by atoms with Crippen LogP contribution in [0.2, 0.25) is 0 Å². The molecule has 0 aromatic carbocycles. The van der Waals surface area contributed by atoms with Crippen molar-refractivity contribution in [2.45, 2.75) is 6.92 Å². The van der Waals surface area contributed by atoms with E-state index in [1.165, 1.54) is 0 Å². The van der Waals surface area contributed by atoms with Crippen LogP contribution < -0.4 is 0 Å². The molecule has 202 valence electrons. The first kappa shape index (κ1) is 32.8. The Morgan fingerprint density at radius 1 is 0.471 bits per heavy atom. The van der Waals surface area contributed by atoms with Gasteiger partial charge in [-0.1, -0.05) is 6.58 Å². The Kier molecular flexibility index (Phi) is 27.1. The molecule has 0 fully saturated rings. The topological polar surface area (TPSA) is 109 Å². The number of carbonyl (C=O) groups excluding carboxylic acids is 1. The molecule has 0 aliphatic heterocycles. The molecule has 0 unspecified atom stereocenters. The van der Waals surface area contributed by atoms with Crippen LogP contribution in [0.5, 0.6) is 0 Å². The summed E-state index contributed by atoms with van der Waals surface area (Å²) in [5.74, 6) is -0.409. The summed E-state index contributed by atoms with van der Waals surface area (Å²) < 4.78 is 52.7. The molecule has 0 radical (unpaired) electrons. The zero-order valence-corrected chi connectivity index (χ0v) is 20.9. The van der Waals surface area contributed by atoms with E-state index >= 15 is 0 Å². The Balaban J connectivity index is 3.05. The summed E-state index contributed by atoms with van der Waals surface area (Å²) >= 11 is 0. The van der Waals surface area contributed by atoms with Gasteiger partial charge in [-0.3, -0.25) is 0 Å². The predicted octanol–water partition coefficient (Wildman–Crippen LogP) is 0.885. The van der Waals surface area contributed by atoms with Crippen molar-refractivity contribution in [3.63, 3.8) is 0 Å². The minimum atomic E-state index is -0.409. The summed E-state index contributed by atoms with van der Waals surface area (Å²) in [7, 11) is 1.64. The van der Waals surface area contributed by atoms with E-state index in [4.69, 9.17) is 47.4 Å². The SMILES string of the molecule is C=C(C)C(=O)OCCOCCOCCOCCOCCOCCOCCOCCOCCOC. The molecule has 0 rings (SSSR count). The standard InChI is InChI=1S/C23H44O11/c1-22(2)23(24)34-21-20-33-19-18-32-17-16-31-15-14-30-13-12-29-11-10-28-9-8-27-7-6-26-5-4-25-3/h1,4-21H2,2-3H3. The van der Waals surface area contributed by atoms with Crippen LogP contribution in [0, 0.1) is 0 Å². The van der Waals surface area contributed by atoms with E-state index in [-0.39, 0.29) is 6.61 Å². The molecule has 0 amide bonds. The van der Waals surface area contributed by atoms with Gasteiger partial charge in [0.05, 0.1) is 112 Å². The Bertz CT molecular complexity index is 449. The van der Waals surface area contributed by atoms with Crippen molar-refractivity contribution in [3.05, 3.63) is 12.2 Å². The summed E-state index contributed by atoms with van der Waals surface area (Å²) in [6, 6.07) is 0. The van der Waals surface area contributed by atoms with E-state index in [1.807, 2.05) is 0 Å². The van der Waals surface area contributed by atoms with Crippen molar-refractivity contribution < 1.29 is 52.2 Å². The Hall–Kier alpha value is -1.15. The highest BCUT2D eigenvalue weighted by atomic mass is 16.6. The van der Waals surface area contributed by atoms with Gasteiger partial charge in [-0.25, -0.2) is 4.79 Å². The molecule has 0 aliphatic rings. The van der Waals surface area contributed by atoms with Gasteiger partial charge in [0.25, 0.3) is 0 Å². The van der Waals surface area contributed by atoms with E-state index in [1.54, 1.807) is 14.0 Å². The average Bonchev–Trinajstić information content (AvgIpc) is 2.83. The maximum absolute atomic E-state index is 11.1. The van der Waals surface area contributed by atoms with Crippen molar-refractivity contribution in [2.24, 2.45) is 0 Å². The van der Waals surface area contributed by atoms with Crippen molar-refractivity contribution in [1.82, 2.24) is 0 Å². The Morgan fingerprint density at radius 3 is 0.941 bits per heavy atom. The number of hydrogen-bond acceptors (Lipinski definition) is 11. The normalized spacial score (nSPS) is 11.1. The molecule has 0 bridgehead atoms. The van der Waals surface area contributed by atoms with Crippen LogP contribution >= 0.6 is 0 Å². The molecule has 11 heteroatoms. The van der Waals surface area contributed by atoms with Gasteiger partial charge in [-0.05, 0) is 6.92 Å². The summed E-state index contributed by atoms with van der Waals surface area (Å²) in [4.78, 5) is 11.1. The third-order valence-corrected chi connectivity index (χ3v) is 3.85. The molecule has 34 heavy (non-hydrogen) atoms. The van der Waals surface area contributed by atoms with E-state index in [0.29, 0.717) is 118 Å². The number of esters is 1. The molecule has 0 aromatic heterocycles. The monoisotopic (exact) mass is 496 g/mol. The number of rotatable bonds is 28. The molecule has 0 heterocycles. The van der Waals surface area contributed by atoms with Gasteiger partial charge in [0.15, 0.2) is 0 Å². The molecule has 0 atom stereocenters. The Labute approximate surface area is 203 Å². The first-order chi connectivity index (χ1) is 16.7. The van der Waals surface area contributed by atoms with E-state index in [9.17, 15) is 4.79 Å². The van der Waals surface area contributed by atoms with Crippen molar-refractivity contribution >= 4 is 5.97 Å². The smallest absolute Gasteiger partial charge is 0.333 e. The van der Waals surface area contributed by atoms with Gasteiger partial charge in [0, 0.05) is 12.7 Å². The van der Waals surface area contributed by atoms with E-state index in [0.717, 1.165) is 0 Å². The summed E-state index contributed by atoms with van der Waals surface area (Å²) in [6.45, 7) is 13.8. The molecule has 0 aliphatic carbocycles. The lowest BCUT2D eigenvalue weighted by Crippen LogP contribution is -2.15. The maximum Gasteiger partial charge on any atom is 0.333 e. The molecular weight excluding hydrogens is 452 g/mol. The first-order valence-corrected chi connectivity index (χ1v) is 11.6. The molecule has 0 saturated heterocycles. The third-order valence-electron chi connectivity index (χ3n) is 3.85. The fourth-order valence-corrected chi connectivity index (χ4v) is 2.10. The van der Waals surface area contributed by atoms with Crippen LogP contribution in [-0.2, 0) is 52.2 Å². The lowest BCUT2D eigenvalue weighted by atomic mass is 10.4. The van der Waals surface area contributed by atoms with Gasteiger partial charge in [-0.2, -0.15) is 0 Å². The molecule has 0 N–H and O–H groups in total. The number of methoxy groups -OCH3 is 1. The van der Waals surface area contributed by atoms with Gasteiger partial charge in [0.1, 0.15) is 6.61 Å².